The average Bonchev–Trinajstić information content (AvgIpc) is 3.28. The van der Waals surface area contributed by atoms with Crippen LogP contribution in [0.2, 0.25) is 0 Å². The monoisotopic (exact) mass is 265 g/mol. The van der Waals surface area contributed by atoms with E-state index < -0.39 is 0 Å². The number of aromatic nitrogens is 1. The molecule has 0 radical (unpaired) electrons. The number of hydrogen-bond donors (Lipinski definition) is 1. The summed E-state index contributed by atoms with van der Waals surface area (Å²) in [4.78, 5) is 8.72. The molecule has 3 nitrogen and oxygen atoms in total. The molecule has 2 aliphatic carbocycles. The second-order valence-corrected chi connectivity index (χ2v) is 6.73. The van der Waals surface area contributed by atoms with Gasteiger partial charge in [0.1, 0.15) is 0 Å². The van der Waals surface area contributed by atoms with Crippen LogP contribution in [0.5, 0.6) is 0 Å². The molecule has 0 aromatic carbocycles. The molecule has 1 heterocycles. The first kappa shape index (κ1) is 12.4. The van der Waals surface area contributed by atoms with Crippen molar-refractivity contribution in [3.63, 3.8) is 0 Å². The lowest BCUT2D eigenvalue weighted by molar-refractivity contribution is 0.704. The van der Waals surface area contributed by atoms with Gasteiger partial charge in [0.15, 0.2) is 5.13 Å². The van der Waals surface area contributed by atoms with Crippen molar-refractivity contribution >= 4 is 16.5 Å². The van der Waals surface area contributed by atoms with Crippen molar-refractivity contribution < 1.29 is 0 Å². The van der Waals surface area contributed by atoms with E-state index in [9.17, 15) is 0 Å². The molecule has 1 aromatic rings. The van der Waals surface area contributed by atoms with Gasteiger partial charge >= 0.3 is 0 Å². The first-order valence-electron chi connectivity index (χ1n) is 7.26. The summed E-state index contributed by atoms with van der Waals surface area (Å²) in [6.45, 7) is 5.25. The summed E-state index contributed by atoms with van der Waals surface area (Å²) in [5.74, 6) is 1.64. The minimum atomic E-state index is 0.660. The molecular weight excluding hydrogens is 242 g/mol. The van der Waals surface area contributed by atoms with Crippen molar-refractivity contribution in [2.24, 2.45) is 11.7 Å². The quantitative estimate of drug-likeness (QED) is 0.823. The van der Waals surface area contributed by atoms with Crippen LogP contribution in [-0.4, -0.2) is 18.1 Å². The Balaban J connectivity index is 1.78. The molecule has 0 bridgehead atoms. The fraction of sp³-hybridized carbons (Fsp3) is 0.786. The summed E-state index contributed by atoms with van der Waals surface area (Å²) in [6.07, 6.45) is 6.64. The van der Waals surface area contributed by atoms with E-state index in [2.05, 4.69) is 11.8 Å². The number of rotatable bonds is 7. The summed E-state index contributed by atoms with van der Waals surface area (Å²) in [7, 11) is 0. The van der Waals surface area contributed by atoms with Crippen LogP contribution in [-0.2, 0) is 6.54 Å². The second kappa shape index (κ2) is 5.17. The van der Waals surface area contributed by atoms with Crippen LogP contribution in [0.15, 0.2) is 0 Å². The molecule has 1 aromatic heterocycles. The van der Waals surface area contributed by atoms with Crippen molar-refractivity contribution in [1.29, 1.82) is 0 Å². The molecule has 0 spiro atoms. The molecule has 2 N–H and O–H groups in total. The second-order valence-electron chi connectivity index (χ2n) is 5.67. The molecule has 0 unspecified atom stereocenters. The molecule has 0 atom stereocenters. The topological polar surface area (TPSA) is 42.2 Å². The highest BCUT2D eigenvalue weighted by Gasteiger charge is 2.31. The smallest absolute Gasteiger partial charge is 0.185 e. The van der Waals surface area contributed by atoms with E-state index in [0.29, 0.717) is 6.54 Å². The Kier molecular flexibility index (Phi) is 3.57. The van der Waals surface area contributed by atoms with Gasteiger partial charge in [-0.25, -0.2) is 4.98 Å². The lowest BCUT2D eigenvalue weighted by Gasteiger charge is -2.20. The molecule has 0 amide bonds. The van der Waals surface area contributed by atoms with E-state index >= 15 is 0 Å². The normalized spacial score (nSPS) is 19.2. The summed E-state index contributed by atoms with van der Waals surface area (Å²) >= 11 is 1.84. The Morgan fingerprint density at radius 2 is 2.11 bits per heavy atom. The van der Waals surface area contributed by atoms with Gasteiger partial charge in [-0.15, -0.1) is 11.3 Å². The van der Waals surface area contributed by atoms with Crippen molar-refractivity contribution in [3.05, 3.63) is 10.6 Å². The van der Waals surface area contributed by atoms with Crippen LogP contribution in [0.3, 0.4) is 0 Å². The van der Waals surface area contributed by atoms with Crippen molar-refractivity contribution in [2.75, 3.05) is 18.0 Å². The molecule has 2 aliphatic rings. The van der Waals surface area contributed by atoms with Gasteiger partial charge in [0.05, 0.1) is 5.69 Å². The number of nitrogens with two attached hydrogens (primary N) is 1. The minimum Gasteiger partial charge on any atom is -0.348 e. The van der Waals surface area contributed by atoms with Crippen LogP contribution in [0.25, 0.3) is 0 Å². The predicted octanol–water partition coefficient (Wildman–Crippen LogP) is 3.11. The van der Waals surface area contributed by atoms with E-state index in [1.165, 1.54) is 54.4 Å². The minimum absolute atomic E-state index is 0.660. The summed E-state index contributed by atoms with van der Waals surface area (Å²) in [5, 5.41) is 1.23. The van der Waals surface area contributed by atoms with E-state index in [4.69, 9.17) is 10.7 Å². The third kappa shape index (κ3) is 2.69. The zero-order valence-electron chi connectivity index (χ0n) is 11.2. The highest BCUT2D eigenvalue weighted by molar-refractivity contribution is 7.15. The number of anilines is 1. The first-order valence-corrected chi connectivity index (χ1v) is 8.08. The largest absolute Gasteiger partial charge is 0.348 e. The molecule has 18 heavy (non-hydrogen) atoms. The molecule has 2 saturated carbocycles. The van der Waals surface area contributed by atoms with Crippen molar-refractivity contribution in [3.8, 4) is 0 Å². The number of nitrogens with zero attached hydrogens (tertiary/aromatic N) is 2. The molecule has 2 fully saturated rings. The van der Waals surface area contributed by atoms with Gasteiger partial charge in [0.2, 0.25) is 0 Å². The molecule has 4 heteroatoms. The fourth-order valence-electron chi connectivity index (χ4n) is 2.45. The van der Waals surface area contributed by atoms with Crippen molar-refractivity contribution in [2.45, 2.75) is 51.5 Å². The van der Waals surface area contributed by atoms with Crippen LogP contribution in [0, 0.1) is 5.92 Å². The Hall–Kier alpha value is -0.610. The van der Waals surface area contributed by atoms with Gasteiger partial charge in [-0.05, 0) is 38.0 Å². The van der Waals surface area contributed by atoms with Gasteiger partial charge in [-0.3, -0.25) is 0 Å². The van der Waals surface area contributed by atoms with Gasteiger partial charge in [-0.2, -0.15) is 0 Å². The first-order chi connectivity index (χ1) is 8.81. The Labute approximate surface area is 113 Å². The molecule has 0 saturated heterocycles. The molecule has 3 rings (SSSR count). The molecular formula is C14H23N3S. The molecule has 0 aliphatic heterocycles. The van der Waals surface area contributed by atoms with E-state index in [-0.39, 0.29) is 0 Å². The zero-order chi connectivity index (χ0) is 12.5. The Morgan fingerprint density at radius 1 is 1.33 bits per heavy atom. The van der Waals surface area contributed by atoms with Gasteiger partial charge in [-0.1, -0.05) is 6.92 Å². The van der Waals surface area contributed by atoms with E-state index in [1.54, 1.807) is 0 Å². The maximum atomic E-state index is 5.87. The maximum absolute atomic E-state index is 5.87. The molecule has 100 valence electrons. The fourth-order valence-corrected chi connectivity index (χ4v) is 3.51. The average molecular weight is 265 g/mol. The SMILES string of the molecule is CCCN(CC1CC1)c1nc(C2CC2)c(CN)s1. The summed E-state index contributed by atoms with van der Waals surface area (Å²) in [5.41, 5.74) is 7.18. The van der Waals surface area contributed by atoms with E-state index in [1.807, 2.05) is 11.3 Å². The van der Waals surface area contributed by atoms with Crippen LogP contribution in [0.1, 0.15) is 55.5 Å². The lowest BCUT2D eigenvalue weighted by Crippen LogP contribution is -2.26. The standard InChI is InChI=1S/C14H23N3S/c1-2-7-17(9-10-3-4-10)14-16-13(11-5-6-11)12(8-15)18-14/h10-11H,2-9,15H2,1H3. The summed E-state index contributed by atoms with van der Waals surface area (Å²) in [6, 6.07) is 0. The summed E-state index contributed by atoms with van der Waals surface area (Å²) < 4.78 is 0. The van der Waals surface area contributed by atoms with Crippen LogP contribution < -0.4 is 10.6 Å². The predicted molar refractivity (Wildman–Crippen MR) is 77.2 cm³/mol. The Bertz CT molecular complexity index is 407. The van der Waals surface area contributed by atoms with Crippen molar-refractivity contribution in [1.82, 2.24) is 4.98 Å². The third-order valence-corrected chi connectivity index (χ3v) is 4.96. The third-order valence-electron chi connectivity index (χ3n) is 3.81. The number of thiazole rings is 1. The highest BCUT2D eigenvalue weighted by atomic mass is 32.1. The van der Waals surface area contributed by atoms with Crippen LogP contribution in [0.4, 0.5) is 5.13 Å². The zero-order valence-corrected chi connectivity index (χ0v) is 12.0. The maximum Gasteiger partial charge on any atom is 0.185 e. The van der Waals surface area contributed by atoms with E-state index in [0.717, 1.165) is 18.4 Å². The van der Waals surface area contributed by atoms with Crippen LogP contribution >= 0.6 is 11.3 Å². The van der Waals surface area contributed by atoms with Gasteiger partial charge in [0, 0.05) is 30.4 Å². The van der Waals surface area contributed by atoms with Gasteiger partial charge < -0.3 is 10.6 Å². The lowest BCUT2D eigenvalue weighted by atomic mass is 10.2. The Morgan fingerprint density at radius 3 is 2.67 bits per heavy atom. The highest BCUT2D eigenvalue weighted by Crippen LogP contribution is 2.44. The number of hydrogen-bond acceptors (Lipinski definition) is 4. The van der Waals surface area contributed by atoms with Gasteiger partial charge in [0.25, 0.3) is 0 Å².